The van der Waals surface area contributed by atoms with Crippen molar-refractivity contribution < 1.29 is 22.6 Å². The molecule has 0 unspecified atom stereocenters. The summed E-state index contributed by atoms with van der Waals surface area (Å²) in [7, 11) is 0. The fourth-order valence-corrected chi connectivity index (χ4v) is 0.515. The first-order valence-corrected chi connectivity index (χ1v) is 2.52. The Morgan fingerprint density at radius 1 is 1.73 bits per heavy atom. The van der Waals surface area contributed by atoms with Gasteiger partial charge in [0.1, 0.15) is 6.61 Å². The summed E-state index contributed by atoms with van der Waals surface area (Å²) in [6, 6.07) is 3.11. The second-order valence-electron chi connectivity index (χ2n) is 1.56. The Labute approximate surface area is 96.5 Å². The van der Waals surface area contributed by atoms with Gasteiger partial charge >= 0.3 is 37.7 Å². The van der Waals surface area contributed by atoms with Crippen LogP contribution in [0.2, 0.25) is 0 Å². The molecular formula is C6H10CaO4. The van der Waals surface area contributed by atoms with Crippen LogP contribution in [0.3, 0.4) is 0 Å². The maximum atomic E-state index is 10.5. The maximum Gasteiger partial charge on any atom is 2.00 e. The number of Topliss-reactive ketones (excluding diaryl/α,β-unsaturated/α-hetero) is 1. The van der Waals surface area contributed by atoms with Gasteiger partial charge in [-0.05, 0) is 12.1 Å². The van der Waals surface area contributed by atoms with E-state index < -0.39 is 6.61 Å². The van der Waals surface area contributed by atoms with Gasteiger partial charge in [-0.25, -0.2) is 0 Å². The minimum Gasteiger partial charge on any atom is -1.00 e. The third-order valence-electron chi connectivity index (χ3n) is 0.940. The molecule has 5 heteroatoms. The zero-order valence-corrected chi connectivity index (χ0v) is 8.12. The summed E-state index contributed by atoms with van der Waals surface area (Å²) in [5, 5.41) is 8.30. The molecule has 4 nitrogen and oxygen atoms in total. The van der Waals surface area contributed by atoms with Crippen molar-refractivity contribution in [2.24, 2.45) is 0 Å². The van der Waals surface area contributed by atoms with E-state index in [2.05, 4.69) is 4.42 Å². The van der Waals surface area contributed by atoms with Crippen LogP contribution in [-0.4, -0.2) is 60.7 Å². The molecule has 0 amide bonds. The largest absolute Gasteiger partial charge is 2.00 e. The van der Waals surface area contributed by atoms with Crippen LogP contribution in [0.4, 0.5) is 0 Å². The molecule has 1 rings (SSSR count). The van der Waals surface area contributed by atoms with Crippen molar-refractivity contribution in [3.05, 3.63) is 24.2 Å². The van der Waals surface area contributed by atoms with E-state index >= 15 is 0 Å². The minimum atomic E-state index is -0.493. The van der Waals surface area contributed by atoms with E-state index in [1.807, 2.05) is 0 Å². The SMILES string of the molecule is O.O=C(CO)c1ccco1.[Ca+2].[H-].[H-]. The van der Waals surface area contributed by atoms with Crippen LogP contribution in [0.15, 0.2) is 22.8 Å². The van der Waals surface area contributed by atoms with E-state index in [1.54, 1.807) is 6.07 Å². The molecule has 1 heterocycles. The molecule has 0 fully saturated rings. The normalized spacial score (nSPS) is 7.73. The predicted molar refractivity (Wildman–Crippen MR) is 41.7 cm³/mol. The van der Waals surface area contributed by atoms with Crippen molar-refractivity contribution in [2.75, 3.05) is 6.61 Å². The molecule has 1 aromatic rings. The molecule has 0 aliphatic rings. The van der Waals surface area contributed by atoms with Crippen LogP contribution in [0.1, 0.15) is 13.4 Å². The Bertz CT molecular complexity index is 202. The van der Waals surface area contributed by atoms with E-state index in [0.717, 1.165) is 0 Å². The van der Waals surface area contributed by atoms with Crippen molar-refractivity contribution >= 4 is 43.5 Å². The number of aliphatic hydroxyl groups excluding tert-OH is 1. The molecule has 60 valence electrons. The quantitative estimate of drug-likeness (QED) is 0.498. The first-order chi connectivity index (χ1) is 4.34. The average molecular weight is 186 g/mol. The van der Waals surface area contributed by atoms with Gasteiger partial charge in [0.2, 0.25) is 5.78 Å². The number of hydrogen-bond acceptors (Lipinski definition) is 3. The van der Waals surface area contributed by atoms with E-state index in [4.69, 9.17) is 5.11 Å². The molecule has 11 heavy (non-hydrogen) atoms. The Balaban J connectivity index is -0.000000101. The van der Waals surface area contributed by atoms with Gasteiger partial charge in [0, 0.05) is 0 Å². The van der Waals surface area contributed by atoms with E-state index in [0.29, 0.717) is 0 Å². The molecule has 0 bridgehead atoms. The summed E-state index contributed by atoms with van der Waals surface area (Å²) in [6.07, 6.45) is 1.39. The summed E-state index contributed by atoms with van der Waals surface area (Å²) in [6.45, 7) is -0.493. The predicted octanol–water partition coefficient (Wildman–Crippen LogP) is -0.526. The fourth-order valence-electron chi connectivity index (χ4n) is 0.515. The molecule has 3 N–H and O–H groups in total. The van der Waals surface area contributed by atoms with Crippen LogP contribution in [-0.2, 0) is 0 Å². The molecule has 0 spiro atoms. The summed E-state index contributed by atoms with van der Waals surface area (Å²) >= 11 is 0. The summed E-state index contributed by atoms with van der Waals surface area (Å²) in [5.41, 5.74) is 0. The van der Waals surface area contributed by atoms with Gasteiger partial charge in [-0.2, -0.15) is 0 Å². The monoisotopic (exact) mass is 186 g/mol. The Kier molecular flexibility index (Phi) is 8.49. The minimum absolute atomic E-state index is 0. The van der Waals surface area contributed by atoms with Crippen molar-refractivity contribution in [3.8, 4) is 0 Å². The Morgan fingerprint density at radius 3 is 2.73 bits per heavy atom. The number of carbonyl (C=O) groups excluding carboxylic acids is 1. The van der Waals surface area contributed by atoms with Gasteiger partial charge in [-0.1, -0.05) is 0 Å². The summed E-state index contributed by atoms with van der Waals surface area (Å²) < 4.78 is 4.68. The van der Waals surface area contributed by atoms with Crippen LogP contribution in [0.5, 0.6) is 0 Å². The van der Waals surface area contributed by atoms with Crippen molar-refractivity contribution in [2.45, 2.75) is 0 Å². The molecule has 0 aromatic carbocycles. The van der Waals surface area contributed by atoms with E-state index in [1.165, 1.54) is 12.3 Å². The average Bonchev–Trinajstić information content (AvgIpc) is 2.37. The van der Waals surface area contributed by atoms with Gasteiger partial charge < -0.3 is 17.9 Å². The zero-order valence-electron chi connectivity index (χ0n) is 7.91. The van der Waals surface area contributed by atoms with Crippen LogP contribution >= 0.6 is 0 Å². The van der Waals surface area contributed by atoms with Gasteiger partial charge in [-0.3, -0.25) is 4.79 Å². The van der Waals surface area contributed by atoms with E-state index in [9.17, 15) is 4.79 Å². The third kappa shape index (κ3) is 3.88. The maximum absolute atomic E-state index is 10.5. The molecule has 0 aliphatic heterocycles. The van der Waals surface area contributed by atoms with Crippen molar-refractivity contribution in [1.29, 1.82) is 0 Å². The Hall–Kier alpha value is 0.130. The van der Waals surface area contributed by atoms with Crippen LogP contribution < -0.4 is 0 Å². The standard InChI is InChI=1S/C6H6O3.Ca.H2O.2H/c7-4-5(8)6-2-1-3-9-6;;;;/h1-3,7H,4H2;;1H2;;/q;+2;;2*-1. The van der Waals surface area contributed by atoms with Gasteiger partial charge in [0.05, 0.1) is 6.26 Å². The topological polar surface area (TPSA) is 81.9 Å². The third-order valence-corrected chi connectivity index (χ3v) is 0.940. The van der Waals surface area contributed by atoms with Crippen LogP contribution in [0, 0.1) is 0 Å². The first kappa shape index (κ1) is 13.7. The number of ketones is 1. The van der Waals surface area contributed by atoms with Crippen molar-refractivity contribution in [3.63, 3.8) is 0 Å². The molecule has 0 atom stereocenters. The number of carbonyl (C=O) groups is 1. The van der Waals surface area contributed by atoms with E-state index in [-0.39, 0.29) is 57.6 Å². The molecule has 0 saturated heterocycles. The van der Waals surface area contributed by atoms with Gasteiger partial charge in [0.15, 0.2) is 5.76 Å². The molecule has 0 saturated carbocycles. The first-order valence-electron chi connectivity index (χ1n) is 2.52. The second kappa shape index (κ2) is 6.82. The summed E-state index contributed by atoms with van der Waals surface area (Å²) in [4.78, 5) is 10.5. The van der Waals surface area contributed by atoms with Gasteiger partial charge in [-0.15, -0.1) is 0 Å². The number of hydrogen-bond donors (Lipinski definition) is 1. The Morgan fingerprint density at radius 2 is 2.36 bits per heavy atom. The number of furan rings is 1. The summed E-state index contributed by atoms with van der Waals surface area (Å²) in [5.74, 6) is -0.183. The fraction of sp³-hybridized carbons (Fsp3) is 0.167. The van der Waals surface area contributed by atoms with Crippen LogP contribution in [0.25, 0.3) is 0 Å². The molecule has 0 radical (unpaired) electrons. The molecule has 0 aliphatic carbocycles. The smallest absolute Gasteiger partial charge is 1.00 e. The number of rotatable bonds is 2. The molecular weight excluding hydrogens is 176 g/mol. The zero-order chi connectivity index (χ0) is 6.69. The molecule has 1 aromatic heterocycles. The van der Waals surface area contributed by atoms with Gasteiger partial charge in [0.25, 0.3) is 0 Å². The number of aliphatic hydroxyl groups is 1. The van der Waals surface area contributed by atoms with Crippen molar-refractivity contribution in [1.82, 2.24) is 0 Å². The second-order valence-corrected chi connectivity index (χ2v) is 1.56.